The topological polar surface area (TPSA) is 68.0 Å². The zero-order valence-electron chi connectivity index (χ0n) is 9.22. The number of rotatable bonds is 5. The molecule has 0 spiro atoms. The van der Waals surface area contributed by atoms with Gasteiger partial charge in [0, 0.05) is 18.4 Å². The second-order valence-electron chi connectivity index (χ2n) is 3.60. The molecular formula is C12H13N3OS. The van der Waals surface area contributed by atoms with Crippen molar-refractivity contribution in [3.05, 3.63) is 46.4 Å². The molecule has 2 rings (SSSR count). The number of carbonyl (C=O) groups excluding carboxylic acids is 1. The minimum absolute atomic E-state index is 0.283. The molecule has 0 saturated carbocycles. The van der Waals surface area contributed by atoms with Crippen molar-refractivity contribution in [2.24, 2.45) is 5.73 Å². The van der Waals surface area contributed by atoms with Crippen LogP contribution in [0.3, 0.4) is 0 Å². The summed E-state index contributed by atoms with van der Waals surface area (Å²) in [4.78, 5) is 14.8. The average molecular weight is 247 g/mol. The van der Waals surface area contributed by atoms with Crippen molar-refractivity contribution in [3.8, 4) is 0 Å². The van der Waals surface area contributed by atoms with Gasteiger partial charge in [0.2, 0.25) is 0 Å². The number of carbonyl (C=O) groups is 1. The van der Waals surface area contributed by atoms with E-state index in [1.165, 1.54) is 5.56 Å². The number of nitrogens with one attached hydrogen (secondary N) is 1. The molecule has 17 heavy (non-hydrogen) atoms. The van der Waals surface area contributed by atoms with Crippen LogP contribution in [0, 0.1) is 0 Å². The van der Waals surface area contributed by atoms with Crippen molar-refractivity contribution in [1.29, 1.82) is 0 Å². The number of nitrogens with two attached hydrogens (primary N) is 1. The highest BCUT2D eigenvalue weighted by Gasteiger charge is 2.02. The molecule has 1 amide bonds. The van der Waals surface area contributed by atoms with Gasteiger partial charge < -0.3 is 11.1 Å². The van der Waals surface area contributed by atoms with Gasteiger partial charge in [-0.25, -0.2) is 0 Å². The molecule has 88 valence electrons. The first-order valence-corrected chi connectivity index (χ1v) is 6.21. The maximum atomic E-state index is 10.9. The molecule has 4 nitrogen and oxygen atoms in total. The molecule has 0 aliphatic rings. The zero-order chi connectivity index (χ0) is 12.1. The van der Waals surface area contributed by atoms with E-state index in [2.05, 4.69) is 27.1 Å². The Kier molecular flexibility index (Phi) is 3.72. The molecule has 0 atom stereocenters. The summed E-state index contributed by atoms with van der Waals surface area (Å²) in [7, 11) is 0. The van der Waals surface area contributed by atoms with Gasteiger partial charge in [-0.3, -0.25) is 9.78 Å². The first kappa shape index (κ1) is 11.6. The largest absolute Gasteiger partial charge is 0.385 e. The lowest BCUT2D eigenvalue weighted by Crippen LogP contribution is -2.13. The van der Waals surface area contributed by atoms with Crippen molar-refractivity contribution >= 4 is 22.9 Å². The summed E-state index contributed by atoms with van der Waals surface area (Å²) < 4.78 is 0. The zero-order valence-corrected chi connectivity index (χ0v) is 10.0. The van der Waals surface area contributed by atoms with Gasteiger partial charge in [0.25, 0.3) is 5.91 Å². The van der Waals surface area contributed by atoms with Crippen molar-refractivity contribution in [2.45, 2.75) is 6.42 Å². The number of primary amides is 1. The summed E-state index contributed by atoms with van der Waals surface area (Å²) in [6.45, 7) is 0.818. The van der Waals surface area contributed by atoms with Gasteiger partial charge in [-0.2, -0.15) is 11.3 Å². The fourth-order valence-electron chi connectivity index (χ4n) is 1.46. The molecule has 0 aliphatic carbocycles. The molecule has 2 aromatic rings. The molecule has 0 unspecified atom stereocenters. The number of amides is 1. The first-order valence-electron chi connectivity index (χ1n) is 5.26. The molecule has 3 N–H and O–H groups in total. The quantitative estimate of drug-likeness (QED) is 0.848. The molecule has 2 aromatic heterocycles. The standard InChI is InChI=1S/C12H13N3OS/c13-12(16)11-7-10(2-5-15-11)14-4-1-9-3-6-17-8-9/h2-3,5-8H,1,4H2,(H2,13,16)(H,14,15). The lowest BCUT2D eigenvalue weighted by Gasteiger charge is -2.05. The summed E-state index contributed by atoms with van der Waals surface area (Å²) in [5, 5.41) is 7.43. The van der Waals surface area contributed by atoms with E-state index in [-0.39, 0.29) is 5.69 Å². The van der Waals surface area contributed by atoms with Crippen molar-refractivity contribution < 1.29 is 4.79 Å². The Morgan fingerprint density at radius 3 is 3.06 bits per heavy atom. The van der Waals surface area contributed by atoms with Crippen molar-refractivity contribution in [3.63, 3.8) is 0 Å². The second-order valence-corrected chi connectivity index (χ2v) is 4.38. The van der Waals surface area contributed by atoms with Crippen molar-refractivity contribution in [1.82, 2.24) is 4.98 Å². The Bertz CT molecular complexity index is 496. The van der Waals surface area contributed by atoms with Crippen LogP contribution >= 0.6 is 11.3 Å². The van der Waals surface area contributed by atoms with Gasteiger partial charge in [0.1, 0.15) is 5.69 Å². The van der Waals surface area contributed by atoms with Gasteiger partial charge in [0.15, 0.2) is 0 Å². The third-order valence-electron chi connectivity index (χ3n) is 2.34. The highest BCUT2D eigenvalue weighted by molar-refractivity contribution is 7.07. The fraction of sp³-hybridized carbons (Fsp3) is 0.167. The van der Waals surface area contributed by atoms with Gasteiger partial charge in [-0.15, -0.1) is 0 Å². The van der Waals surface area contributed by atoms with Crippen LogP contribution in [0.2, 0.25) is 0 Å². The number of hydrogen-bond acceptors (Lipinski definition) is 4. The molecule has 2 heterocycles. The monoisotopic (exact) mass is 247 g/mol. The van der Waals surface area contributed by atoms with Gasteiger partial charge in [0.05, 0.1) is 0 Å². The van der Waals surface area contributed by atoms with Crippen LogP contribution in [-0.2, 0) is 6.42 Å². The maximum Gasteiger partial charge on any atom is 0.267 e. The minimum atomic E-state index is -0.508. The van der Waals surface area contributed by atoms with E-state index < -0.39 is 5.91 Å². The van der Waals surface area contributed by atoms with E-state index in [9.17, 15) is 4.79 Å². The number of hydrogen-bond donors (Lipinski definition) is 2. The Morgan fingerprint density at radius 2 is 2.35 bits per heavy atom. The minimum Gasteiger partial charge on any atom is -0.385 e. The first-order chi connectivity index (χ1) is 8.25. The summed E-state index contributed by atoms with van der Waals surface area (Å²) in [5.74, 6) is -0.508. The van der Waals surface area contributed by atoms with Crippen LogP contribution in [-0.4, -0.2) is 17.4 Å². The lowest BCUT2D eigenvalue weighted by molar-refractivity contribution is 0.0995. The fourth-order valence-corrected chi connectivity index (χ4v) is 2.16. The van der Waals surface area contributed by atoms with Crippen LogP contribution in [0.5, 0.6) is 0 Å². The third kappa shape index (κ3) is 3.29. The predicted octanol–water partition coefficient (Wildman–Crippen LogP) is 1.90. The number of thiophene rings is 1. The molecule has 0 aromatic carbocycles. The maximum absolute atomic E-state index is 10.9. The van der Waals surface area contributed by atoms with E-state index in [0.29, 0.717) is 0 Å². The third-order valence-corrected chi connectivity index (χ3v) is 3.07. The summed E-state index contributed by atoms with van der Waals surface area (Å²) in [6.07, 6.45) is 2.53. The molecule has 0 radical (unpaired) electrons. The van der Waals surface area contributed by atoms with E-state index >= 15 is 0 Å². The van der Waals surface area contributed by atoms with E-state index in [1.54, 1.807) is 23.6 Å². The van der Waals surface area contributed by atoms with Gasteiger partial charge in [-0.1, -0.05) is 0 Å². The van der Waals surface area contributed by atoms with Crippen LogP contribution in [0.1, 0.15) is 16.1 Å². The van der Waals surface area contributed by atoms with Gasteiger partial charge >= 0.3 is 0 Å². The number of pyridine rings is 1. The van der Waals surface area contributed by atoms with Gasteiger partial charge in [-0.05, 0) is 40.9 Å². The number of aromatic nitrogens is 1. The smallest absolute Gasteiger partial charge is 0.267 e. The average Bonchev–Trinajstić information content (AvgIpc) is 2.82. The SMILES string of the molecule is NC(=O)c1cc(NCCc2ccsc2)ccn1. The van der Waals surface area contributed by atoms with E-state index in [0.717, 1.165) is 18.7 Å². The Morgan fingerprint density at radius 1 is 1.47 bits per heavy atom. The summed E-state index contributed by atoms with van der Waals surface area (Å²) in [5.41, 5.74) is 7.62. The molecular weight excluding hydrogens is 234 g/mol. The lowest BCUT2D eigenvalue weighted by atomic mass is 10.2. The Labute approximate surface area is 103 Å². The van der Waals surface area contributed by atoms with Crippen LogP contribution < -0.4 is 11.1 Å². The Hall–Kier alpha value is -1.88. The highest BCUT2D eigenvalue weighted by atomic mass is 32.1. The molecule has 0 bridgehead atoms. The van der Waals surface area contributed by atoms with Crippen molar-refractivity contribution in [2.75, 3.05) is 11.9 Å². The van der Waals surface area contributed by atoms with E-state index in [4.69, 9.17) is 5.73 Å². The molecule has 0 aliphatic heterocycles. The number of anilines is 1. The molecule has 5 heteroatoms. The number of nitrogens with zero attached hydrogens (tertiary/aromatic N) is 1. The summed E-state index contributed by atoms with van der Waals surface area (Å²) >= 11 is 1.69. The second kappa shape index (κ2) is 5.45. The Balaban J connectivity index is 1.90. The van der Waals surface area contributed by atoms with Crippen LogP contribution in [0.15, 0.2) is 35.2 Å². The van der Waals surface area contributed by atoms with Crippen LogP contribution in [0.4, 0.5) is 5.69 Å². The predicted molar refractivity (Wildman–Crippen MR) is 69.3 cm³/mol. The van der Waals surface area contributed by atoms with E-state index in [1.807, 2.05) is 6.07 Å². The molecule has 0 fully saturated rings. The molecule has 0 saturated heterocycles. The normalized spacial score (nSPS) is 10.1. The summed E-state index contributed by atoms with van der Waals surface area (Å²) in [6, 6.07) is 5.59. The van der Waals surface area contributed by atoms with Crippen LogP contribution in [0.25, 0.3) is 0 Å². The highest BCUT2D eigenvalue weighted by Crippen LogP contribution is 2.09.